The van der Waals surface area contributed by atoms with Gasteiger partial charge in [-0.3, -0.25) is 19.4 Å². The summed E-state index contributed by atoms with van der Waals surface area (Å²) in [5.74, 6) is -1.28. The molecule has 9 heteroatoms. The number of imide groups is 1. The van der Waals surface area contributed by atoms with Gasteiger partial charge in [-0.2, -0.15) is 5.11 Å². The average molecular weight is 398 g/mol. The fourth-order valence-electron chi connectivity index (χ4n) is 3.25. The van der Waals surface area contributed by atoms with Crippen molar-refractivity contribution in [2.75, 3.05) is 16.8 Å². The number of nitrogens with one attached hydrogen (secondary N) is 1. The van der Waals surface area contributed by atoms with Crippen molar-refractivity contribution in [1.29, 1.82) is 0 Å². The van der Waals surface area contributed by atoms with E-state index in [0.29, 0.717) is 16.4 Å². The summed E-state index contributed by atoms with van der Waals surface area (Å²) in [5.41, 5.74) is 1.90. The Labute approximate surface area is 165 Å². The third-order valence-electron chi connectivity index (χ3n) is 4.65. The van der Waals surface area contributed by atoms with Gasteiger partial charge in [0.1, 0.15) is 6.54 Å². The molecule has 0 aromatic heterocycles. The van der Waals surface area contributed by atoms with Gasteiger partial charge in [-0.1, -0.05) is 41.1 Å². The molecule has 142 valence electrons. The highest BCUT2D eigenvalue weighted by Crippen LogP contribution is 2.31. The smallest absolute Gasteiger partial charge is 0.263 e. The largest absolute Gasteiger partial charge is 0.324 e. The third kappa shape index (κ3) is 3.11. The van der Waals surface area contributed by atoms with Gasteiger partial charge >= 0.3 is 0 Å². The van der Waals surface area contributed by atoms with Gasteiger partial charge in [0.05, 0.1) is 5.69 Å². The van der Waals surface area contributed by atoms with Gasteiger partial charge < -0.3 is 5.32 Å². The quantitative estimate of drug-likeness (QED) is 0.802. The van der Waals surface area contributed by atoms with Crippen LogP contribution in [0.15, 0.2) is 58.9 Å². The lowest BCUT2D eigenvalue weighted by molar-refractivity contribution is -0.123. The number of nitrogens with zero attached hydrogens (tertiary/aromatic N) is 4. The van der Waals surface area contributed by atoms with E-state index in [-0.39, 0.29) is 12.5 Å². The van der Waals surface area contributed by atoms with Crippen LogP contribution < -0.4 is 10.2 Å². The SMILES string of the molecule is Cc1ccc(Cl)cc1NC(=O)CN1N=N[C@H]2C(=O)N(c3ccccc3)C(=O)[C@H]21. The molecule has 0 aliphatic carbocycles. The summed E-state index contributed by atoms with van der Waals surface area (Å²) in [4.78, 5) is 39.0. The highest BCUT2D eigenvalue weighted by atomic mass is 35.5. The molecular formula is C19H16ClN5O3. The van der Waals surface area contributed by atoms with Gasteiger partial charge in [-0.05, 0) is 36.8 Å². The minimum Gasteiger partial charge on any atom is -0.324 e. The number of aryl methyl sites for hydroxylation is 1. The topological polar surface area (TPSA) is 94.4 Å². The predicted octanol–water partition coefficient (Wildman–Crippen LogP) is 2.58. The van der Waals surface area contributed by atoms with Crippen LogP contribution in [-0.2, 0) is 14.4 Å². The van der Waals surface area contributed by atoms with E-state index in [2.05, 4.69) is 15.7 Å². The highest BCUT2D eigenvalue weighted by Gasteiger charge is 2.55. The molecule has 2 aromatic carbocycles. The van der Waals surface area contributed by atoms with E-state index in [0.717, 1.165) is 10.5 Å². The minimum absolute atomic E-state index is 0.210. The van der Waals surface area contributed by atoms with E-state index in [1.165, 1.54) is 5.01 Å². The highest BCUT2D eigenvalue weighted by molar-refractivity contribution is 6.31. The Hall–Kier alpha value is -3.26. The van der Waals surface area contributed by atoms with Crippen LogP contribution in [0.4, 0.5) is 11.4 Å². The van der Waals surface area contributed by atoms with Gasteiger partial charge in [0, 0.05) is 10.7 Å². The molecule has 0 bridgehead atoms. The fraction of sp³-hybridized carbons (Fsp3) is 0.211. The summed E-state index contributed by atoms with van der Waals surface area (Å²) in [6.07, 6.45) is 0. The zero-order chi connectivity index (χ0) is 19.8. The number of carbonyl (C=O) groups excluding carboxylic acids is 3. The number of rotatable bonds is 4. The van der Waals surface area contributed by atoms with Crippen molar-refractivity contribution < 1.29 is 14.4 Å². The van der Waals surface area contributed by atoms with Crippen LogP contribution in [0, 0.1) is 6.92 Å². The first kappa shape index (κ1) is 18.1. The summed E-state index contributed by atoms with van der Waals surface area (Å²) in [5, 5.41) is 12.3. The standard InChI is InChI=1S/C19H16ClN5O3/c1-11-7-8-12(20)9-14(11)21-15(26)10-24-17-16(22-23-24)18(27)25(19(17)28)13-5-3-2-4-6-13/h2-9,16-17H,10H2,1H3,(H,21,26)/t16-,17+/m1/s1. The number of hydrogen-bond donors (Lipinski definition) is 1. The summed E-state index contributed by atoms with van der Waals surface area (Å²) in [7, 11) is 0. The lowest BCUT2D eigenvalue weighted by Gasteiger charge is -2.20. The van der Waals surface area contributed by atoms with Gasteiger partial charge in [0.15, 0.2) is 12.1 Å². The van der Waals surface area contributed by atoms with E-state index in [9.17, 15) is 14.4 Å². The number of carbonyl (C=O) groups is 3. The first-order valence-corrected chi connectivity index (χ1v) is 9.00. The van der Waals surface area contributed by atoms with Gasteiger partial charge in [0.25, 0.3) is 11.8 Å². The second kappa shape index (κ2) is 7.05. The molecule has 0 spiro atoms. The summed E-state index contributed by atoms with van der Waals surface area (Å²) >= 11 is 5.97. The maximum absolute atomic E-state index is 12.8. The Kier molecular flexibility index (Phi) is 4.56. The fourth-order valence-corrected chi connectivity index (χ4v) is 3.42. The average Bonchev–Trinajstić information content (AvgIpc) is 3.19. The molecule has 2 aliphatic heterocycles. The Morgan fingerprint density at radius 2 is 1.89 bits per heavy atom. The molecule has 8 nitrogen and oxygen atoms in total. The molecule has 2 atom stereocenters. The number of anilines is 2. The van der Waals surface area contributed by atoms with Crippen molar-refractivity contribution in [3.8, 4) is 0 Å². The molecule has 1 N–H and O–H groups in total. The Morgan fingerprint density at radius 3 is 2.64 bits per heavy atom. The Morgan fingerprint density at radius 1 is 1.14 bits per heavy atom. The number of fused-ring (bicyclic) bond motifs is 1. The molecule has 0 saturated carbocycles. The second-order valence-electron chi connectivity index (χ2n) is 6.55. The molecule has 0 unspecified atom stereocenters. The van der Waals surface area contributed by atoms with E-state index >= 15 is 0 Å². The van der Waals surface area contributed by atoms with E-state index in [1.54, 1.807) is 48.5 Å². The van der Waals surface area contributed by atoms with Crippen LogP contribution in [0.1, 0.15) is 5.56 Å². The summed E-state index contributed by atoms with van der Waals surface area (Å²) in [6, 6.07) is 11.9. The molecule has 2 aromatic rings. The first-order valence-electron chi connectivity index (χ1n) is 8.62. The molecular weight excluding hydrogens is 382 g/mol. The Bertz CT molecular complexity index is 994. The lowest BCUT2D eigenvalue weighted by Crippen LogP contribution is -2.43. The van der Waals surface area contributed by atoms with Gasteiger partial charge in [0.2, 0.25) is 5.91 Å². The monoisotopic (exact) mass is 397 g/mol. The van der Waals surface area contributed by atoms with E-state index in [1.807, 2.05) is 6.92 Å². The lowest BCUT2D eigenvalue weighted by atomic mass is 10.1. The second-order valence-corrected chi connectivity index (χ2v) is 6.98. The number of amides is 3. The maximum Gasteiger partial charge on any atom is 0.263 e. The van der Waals surface area contributed by atoms with Gasteiger partial charge in [-0.15, -0.1) is 0 Å². The number of hydrogen-bond acceptors (Lipinski definition) is 6. The maximum atomic E-state index is 12.8. The van der Waals surface area contributed by atoms with Crippen LogP contribution in [0.3, 0.4) is 0 Å². The van der Waals surface area contributed by atoms with Crippen LogP contribution in [-0.4, -0.2) is 41.4 Å². The molecule has 0 radical (unpaired) electrons. The zero-order valence-electron chi connectivity index (χ0n) is 14.9. The summed E-state index contributed by atoms with van der Waals surface area (Å²) < 4.78 is 0. The molecule has 1 fully saturated rings. The number of para-hydroxylation sites is 1. The van der Waals surface area contributed by atoms with Crippen molar-refractivity contribution in [2.45, 2.75) is 19.0 Å². The Balaban J connectivity index is 1.49. The van der Waals surface area contributed by atoms with Crippen molar-refractivity contribution in [3.63, 3.8) is 0 Å². The van der Waals surface area contributed by atoms with Crippen molar-refractivity contribution >= 4 is 40.7 Å². The van der Waals surface area contributed by atoms with Crippen LogP contribution in [0.25, 0.3) is 0 Å². The zero-order valence-corrected chi connectivity index (χ0v) is 15.6. The van der Waals surface area contributed by atoms with E-state index < -0.39 is 23.9 Å². The molecule has 1 saturated heterocycles. The first-order chi connectivity index (χ1) is 13.5. The molecule has 2 aliphatic rings. The van der Waals surface area contributed by atoms with Gasteiger partial charge in [-0.25, -0.2) is 4.90 Å². The van der Waals surface area contributed by atoms with Crippen molar-refractivity contribution in [3.05, 3.63) is 59.1 Å². The van der Waals surface area contributed by atoms with Crippen LogP contribution >= 0.6 is 11.6 Å². The van der Waals surface area contributed by atoms with Crippen molar-refractivity contribution in [2.24, 2.45) is 10.3 Å². The molecule has 28 heavy (non-hydrogen) atoms. The summed E-state index contributed by atoms with van der Waals surface area (Å²) in [6.45, 7) is 1.63. The molecule has 2 heterocycles. The van der Waals surface area contributed by atoms with Crippen LogP contribution in [0.2, 0.25) is 5.02 Å². The molecule has 4 rings (SSSR count). The number of benzene rings is 2. The normalized spacial score (nSPS) is 20.6. The van der Waals surface area contributed by atoms with Crippen LogP contribution in [0.5, 0.6) is 0 Å². The predicted molar refractivity (Wildman–Crippen MR) is 103 cm³/mol. The minimum atomic E-state index is -0.937. The number of halogens is 1. The molecule has 3 amide bonds. The van der Waals surface area contributed by atoms with E-state index in [4.69, 9.17) is 11.6 Å². The van der Waals surface area contributed by atoms with Crippen molar-refractivity contribution in [1.82, 2.24) is 5.01 Å². The third-order valence-corrected chi connectivity index (χ3v) is 4.89.